The van der Waals surface area contributed by atoms with Gasteiger partial charge >= 0.3 is 0 Å². The summed E-state index contributed by atoms with van der Waals surface area (Å²) < 4.78 is 0. The SMILES string of the molecule is C/C=C/CC(C)CC1CCC(C)CC1. The van der Waals surface area contributed by atoms with E-state index in [1.165, 1.54) is 38.5 Å². The van der Waals surface area contributed by atoms with E-state index in [4.69, 9.17) is 0 Å². The molecule has 0 aromatic heterocycles. The molecular weight excluding hydrogens is 168 g/mol. The Bertz CT molecular complexity index is 161. The fourth-order valence-electron chi connectivity index (χ4n) is 2.60. The van der Waals surface area contributed by atoms with E-state index in [0.717, 1.165) is 17.8 Å². The monoisotopic (exact) mass is 194 g/mol. The van der Waals surface area contributed by atoms with Crippen molar-refractivity contribution in [2.75, 3.05) is 0 Å². The predicted molar refractivity (Wildman–Crippen MR) is 64.3 cm³/mol. The molecule has 0 saturated heterocycles. The second-order valence-corrected chi connectivity index (χ2v) is 5.27. The maximum atomic E-state index is 2.40. The van der Waals surface area contributed by atoms with Crippen molar-refractivity contribution < 1.29 is 0 Å². The van der Waals surface area contributed by atoms with Gasteiger partial charge in [0.05, 0.1) is 0 Å². The zero-order valence-corrected chi connectivity index (χ0v) is 10.1. The molecule has 0 aromatic carbocycles. The highest BCUT2D eigenvalue weighted by Gasteiger charge is 2.19. The van der Waals surface area contributed by atoms with Gasteiger partial charge in [-0.3, -0.25) is 0 Å². The molecule has 0 heteroatoms. The van der Waals surface area contributed by atoms with E-state index in [1.807, 2.05) is 0 Å². The van der Waals surface area contributed by atoms with Gasteiger partial charge in [-0.05, 0) is 37.5 Å². The molecule has 1 atom stereocenters. The van der Waals surface area contributed by atoms with Gasteiger partial charge in [-0.2, -0.15) is 0 Å². The first-order valence-corrected chi connectivity index (χ1v) is 6.33. The van der Waals surface area contributed by atoms with Crippen LogP contribution in [0.3, 0.4) is 0 Å². The minimum atomic E-state index is 0.893. The van der Waals surface area contributed by atoms with Crippen LogP contribution >= 0.6 is 0 Å². The molecule has 14 heavy (non-hydrogen) atoms. The summed E-state index contributed by atoms with van der Waals surface area (Å²) in [5.41, 5.74) is 0. The van der Waals surface area contributed by atoms with Gasteiger partial charge in [-0.1, -0.05) is 51.7 Å². The van der Waals surface area contributed by atoms with E-state index in [9.17, 15) is 0 Å². The summed E-state index contributed by atoms with van der Waals surface area (Å²) in [6, 6.07) is 0. The lowest BCUT2D eigenvalue weighted by Gasteiger charge is -2.27. The van der Waals surface area contributed by atoms with Gasteiger partial charge in [0.2, 0.25) is 0 Å². The Morgan fingerprint density at radius 2 is 1.86 bits per heavy atom. The number of allylic oxidation sites excluding steroid dienone is 2. The molecule has 0 heterocycles. The van der Waals surface area contributed by atoms with Crippen molar-refractivity contribution in [3.8, 4) is 0 Å². The van der Waals surface area contributed by atoms with Crippen molar-refractivity contribution >= 4 is 0 Å². The third-order valence-electron chi connectivity index (χ3n) is 3.65. The summed E-state index contributed by atoms with van der Waals surface area (Å²) in [4.78, 5) is 0. The smallest absolute Gasteiger partial charge is 0.0325 e. The Balaban J connectivity index is 2.17. The third kappa shape index (κ3) is 4.30. The van der Waals surface area contributed by atoms with Crippen LogP contribution in [0.2, 0.25) is 0 Å². The van der Waals surface area contributed by atoms with Crippen LogP contribution in [0.4, 0.5) is 0 Å². The van der Waals surface area contributed by atoms with Crippen molar-refractivity contribution in [2.45, 2.75) is 59.3 Å². The molecule has 0 nitrogen and oxygen atoms in total. The zero-order chi connectivity index (χ0) is 10.4. The van der Waals surface area contributed by atoms with Crippen LogP contribution in [0.1, 0.15) is 59.3 Å². The summed E-state index contributed by atoms with van der Waals surface area (Å²) >= 11 is 0. The standard InChI is InChI=1S/C14H26/c1-4-5-6-13(3)11-14-9-7-12(2)8-10-14/h4-5,12-14H,6-11H2,1-3H3/b5-4+. The van der Waals surface area contributed by atoms with Crippen LogP contribution in [0.5, 0.6) is 0 Å². The third-order valence-corrected chi connectivity index (χ3v) is 3.65. The van der Waals surface area contributed by atoms with Gasteiger partial charge in [-0.15, -0.1) is 0 Å². The maximum Gasteiger partial charge on any atom is -0.0325 e. The van der Waals surface area contributed by atoms with Crippen molar-refractivity contribution in [1.82, 2.24) is 0 Å². The molecule has 1 fully saturated rings. The highest BCUT2D eigenvalue weighted by molar-refractivity contribution is 4.80. The second kappa shape index (κ2) is 6.27. The van der Waals surface area contributed by atoms with Crippen molar-refractivity contribution in [3.63, 3.8) is 0 Å². The first-order valence-electron chi connectivity index (χ1n) is 6.33. The molecule has 1 rings (SSSR count). The minimum Gasteiger partial charge on any atom is -0.0917 e. The van der Waals surface area contributed by atoms with E-state index >= 15 is 0 Å². The number of rotatable bonds is 4. The molecule has 1 aliphatic rings. The zero-order valence-electron chi connectivity index (χ0n) is 10.1. The summed E-state index contributed by atoms with van der Waals surface area (Å²) in [7, 11) is 0. The Kier molecular flexibility index (Phi) is 5.29. The molecule has 82 valence electrons. The van der Waals surface area contributed by atoms with E-state index < -0.39 is 0 Å². The molecule has 0 radical (unpaired) electrons. The topological polar surface area (TPSA) is 0 Å². The molecule has 0 amide bonds. The highest BCUT2D eigenvalue weighted by atomic mass is 14.2. The lowest BCUT2D eigenvalue weighted by Crippen LogP contribution is -2.14. The van der Waals surface area contributed by atoms with Gasteiger partial charge < -0.3 is 0 Å². The molecular formula is C14H26. The summed E-state index contributed by atoms with van der Waals surface area (Å²) in [5.74, 6) is 2.92. The van der Waals surface area contributed by atoms with Gasteiger partial charge in [-0.25, -0.2) is 0 Å². The van der Waals surface area contributed by atoms with Gasteiger partial charge in [0.25, 0.3) is 0 Å². The Morgan fingerprint density at radius 1 is 1.21 bits per heavy atom. The summed E-state index contributed by atoms with van der Waals surface area (Å²) in [6.45, 7) is 6.92. The molecule has 0 aliphatic heterocycles. The van der Waals surface area contributed by atoms with Crippen molar-refractivity contribution in [2.24, 2.45) is 17.8 Å². The average Bonchev–Trinajstić information content (AvgIpc) is 2.18. The summed E-state index contributed by atoms with van der Waals surface area (Å²) in [6.07, 6.45) is 13.2. The van der Waals surface area contributed by atoms with E-state index in [-0.39, 0.29) is 0 Å². The first kappa shape index (κ1) is 11.8. The van der Waals surface area contributed by atoms with Gasteiger partial charge in [0.1, 0.15) is 0 Å². The van der Waals surface area contributed by atoms with Gasteiger partial charge in [0.15, 0.2) is 0 Å². The lowest BCUT2D eigenvalue weighted by molar-refractivity contribution is 0.251. The van der Waals surface area contributed by atoms with Crippen molar-refractivity contribution in [3.05, 3.63) is 12.2 Å². The van der Waals surface area contributed by atoms with E-state index in [0.29, 0.717) is 0 Å². The lowest BCUT2D eigenvalue weighted by atomic mass is 9.78. The largest absolute Gasteiger partial charge is 0.0917 e. The van der Waals surface area contributed by atoms with Gasteiger partial charge in [0, 0.05) is 0 Å². The van der Waals surface area contributed by atoms with Crippen LogP contribution < -0.4 is 0 Å². The Hall–Kier alpha value is -0.260. The Morgan fingerprint density at radius 3 is 2.43 bits per heavy atom. The highest BCUT2D eigenvalue weighted by Crippen LogP contribution is 2.32. The molecule has 0 spiro atoms. The number of hydrogen-bond acceptors (Lipinski definition) is 0. The molecule has 1 unspecified atom stereocenters. The fourth-order valence-corrected chi connectivity index (χ4v) is 2.60. The molecule has 0 bridgehead atoms. The second-order valence-electron chi connectivity index (χ2n) is 5.27. The fraction of sp³-hybridized carbons (Fsp3) is 0.857. The number of hydrogen-bond donors (Lipinski definition) is 0. The average molecular weight is 194 g/mol. The molecule has 0 aromatic rings. The van der Waals surface area contributed by atoms with Crippen molar-refractivity contribution in [1.29, 1.82) is 0 Å². The van der Waals surface area contributed by atoms with Crippen LogP contribution in [-0.2, 0) is 0 Å². The minimum absolute atomic E-state index is 0.893. The van der Waals surface area contributed by atoms with E-state index in [1.54, 1.807) is 0 Å². The molecule has 1 aliphatic carbocycles. The van der Waals surface area contributed by atoms with Crippen LogP contribution in [-0.4, -0.2) is 0 Å². The van der Waals surface area contributed by atoms with Crippen LogP contribution in [0, 0.1) is 17.8 Å². The quantitative estimate of drug-likeness (QED) is 0.564. The normalized spacial score (nSPS) is 30.8. The Labute approximate surface area is 89.8 Å². The molecule has 0 N–H and O–H groups in total. The van der Waals surface area contributed by atoms with Crippen LogP contribution in [0.25, 0.3) is 0 Å². The molecule has 1 saturated carbocycles. The maximum absolute atomic E-state index is 2.40. The summed E-state index contributed by atoms with van der Waals surface area (Å²) in [5, 5.41) is 0. The van der Waals surface area contributed by atoms with E-state index in [2.05, 4.69) is 32.9 Å². The first-order chi connectivity index (χ1) is 6.72. The predicted octanol–water partition coefficient (Wildman–Crippen LogP) is 4.81. The van der Waals surface area contributed by atoms with Crippen LogP contribution in [0.15, 0.2) is 12.2 Å².